The lowest BCUT2D eigenvalue weighted by atomic mass is 10.2. The number of thiol groups is 1. The van der Waals surface area contributed by atoms with Gasteiger partial charge in [0.25, 0.3) is 0 Å². The molecule has 21 heavy (non-hydrogen) atoms. The molecule has 0 unspecified atom stereocenters. The van der Waals surface area contributed by atoms with Crippen molar-refractivity contribution in [3.8, 4) is 0 Å². The number of nitrogens with one attached hydrogen (secondary N) is 1. The normalized spacial score (nSPS) is 23.0. The van der Waals surface area contributed by atoms with Gasteiger partial charge in [0, 0.05) is 17.5 Å². The number of rotatable bonds is 4. The van der Waals surface area contributed by atoms with Gasteiger partial charge < -0.3 is 4.74 Å². The Morgan fingerprint density at radius 1 is 1.43 bits per heavy atom. The van der Waals surface area contributed by atoms with Crippen LogP contribution in [-0.4, -0.2) is 49.5 Å². The van der Waals surface area contributed by atoms with Crippen LogP contribution in [0.25, 0.3) is 0 Å². The molecule has 1 N–H and O–H groups in total. The molecule has 2 rings (SSSR count). The minimum Gasteiger partial charge on any atom is -0.448 e. The molecule has 2 atom stereocenters. The first-order chi connectivity index (χ1) is 9.86. The topological polar surface area (TPSA) is 75.7 Å². The molecule has 0 saturated carbocycles. The van der Waals surface area contributed by atoms with E-state index in [0.717, 1.165) is 6.26 Å². The Kier molecular flexibility index (Phi) is 5.13. The summed E-state index contributed by atoms with van der Waals surface area (Å²) in [7, 11) is -3.32. The van der Waals surface area contributed by atoms with E-state index in [1.807, 2.05) is 6.07 Å². The van der Waals surface area contributed by atoms with Crippen molar-refractivity contribution in [3.05, 3.63) is 30.3 Å². The molecule has 1 fully saturated rings. The summed E-state index contributed by atoms with van der Waals surface area (Å²) in [4.78, 5) is 11.7. The standard InChI is InChI=1S/C13H18N2O4S2/c1-21(17,18)15-8-12(20)7-11(15)9-19-13(16)14-10-5-3-2-4-6-10/h2-6,11-12,20H,7-9H2,1H3,(H,14,16)/t11-,12+/m0/s1. The number of carbonyl (C=O) groups is 1. The van der Waals surface area contributed by atoms with Crippen LogP contribution in [-0.2, 0) is 14.8 Å². The molecule has 0 aromatic heterocycles. The van der Waals surface area contributed by atoms with E-state index in [9.17, 15) is 13.2 Å². The maximum absolute atomic E-state index is 11.7. The van der Waals surface area contributed by atoms with E-state index in [4.69, 9.17) is 4.74 Å². The van der Waals surface area contributed by atoms with E-state index in [1.54, 1.807) is 24.3 Å². The Morgan fingerprint density at radius 3 is 2.71 bits per heavy atom. The largest absolute Gasteiger partial charge is 0.448 e. The van der Waals surface area contributed by atoms with E-state index in [0.29, 0.717) is 18.7 Å². The molecule has 1 aromatic rings. The van der Waals surface area contributed by atoms with Gasteiger partial charge >= 0.3 is 6.09 Å². The summed E-state index contributed by atoms with van der Waals surface area (Å²) in [5, 5.41) is 2.55. The van der Waals surface area contributed by atoms with E-state index < -0.39 is 16.1 Å². The fraction of sp³-hybridized carbons (Fsp3) is 0.462. The van der Waals surface area contributed by atoms with Gasteiger partial charge in [0.1, 0.15) is 6.61 Å². The predicted molar refractivity (Wildman–Crippen MR) is 84.1 cm³/mol. The second-order valence-electron chi connectivity index (χ2n) is 4.97. The Balaban J connectivity index is 1.88. The number of para-hydroxylation sites is 1. The second-order valence-corrected chi connectivity index (χ2v) is 7.63. The van der Waals surface area contributed by atoms with Crippen LogP contribution in [0.2, 0.25) is 0 Å². The smallest absolute Gasteiger partial charge is 0.411 e. The Morgan fingerprint density at radius 2 is 2.10 bits per heavy atom. The van der Waals surface area contributed by atoms with E-state index >= 15 is 0 Å². The highest BCUT2D eigenvalue weighted by atomic mass is 32.2. The molecular weight excluding hydrogens is 312 g/mol. The van der Waals surface area contributed by atoms with Crippen LogP contribution in [0, 0.1) is 0 Å². The van der Waals surface area contributed by atoms with Crippen molar-refractivity contribution < 1.29 is 17.9 Å². The number of anilines is 1. The summed E-state index contributed by atoms with van der Waals surface area (Å²) in [6, 6.07) is 8.55. The highest BCUT2D eigenvalue weighted by Gasteiger charge is 2.36. The Bertz CT molecular complexity index is 591. The van der Waals surface area contributed by atoms with Gasteiger partial charge in [-0.25, -0.2) is 13.2 Å². The van der Waals surface area contributed by atoms with Crippen LogP contribution in [0.1, 0.15) is 6.42 Å². The summed E-state index contributed by atoms with van der Waals surface area (Å²) in [6.45, 7) is 0.360. The third-order valence-electron chi connectivity index (χ3n) is 3.20. The fourth-order valence-electron chi connectivity index (χ4n) is 2.27. The van der Waals surface area contributed by atoms with Gasteiger partial charge in [-0.15, -0.1) is 0 Å². The average Bonchev–Trinajstić information content (AvgIpc) is 2.79. The van der Waals surface area contributed by atoms with E-state index in [1.165, 1.54) is 4.31 Å². The zero-order chi connectivity index (χ0) is 15.5. The molecule has 1 amide bonds. The van der Waals surface area contributed by atoms with E-state index in [-0.39, 0.29) is 17.9 Å². The Labute approximate surface area is 129 Å². The number of benzene rings is 1. The molecule has 116 valence electrons. The summed E-state index contributed by atoms with van der Waals surface area (Å²) in [5.74, 6) is 0. The molecule has 1 aromatic carbocycles. The first-order valence-corrected chi connectivity index (χ1v) is 8.86. The first-order valence-electron chi connectivity index (χ1n) is 6.50. The quantitative estimate of drug-likeness (QED) is 0.822. The molecule has 1 aliphatic rings. The molecule has 0 radical (unpaired) electrons. The molecule has 1 saturated heterocycles. The average molecular weight is 330 g/mol. The molecule has 0 aliphatic carbocycles. The van der Waals surface area contributed by atoms with Crippen LogP contribution < -0.4 is 5.32 Å². The third kappa shape index (κ3) is 4.62. The maximum atomic E-state index is 11.7. The Hall–Kier alpha value is -1.25. The van der Waals surface area contributed by atoms with Gasteiger partial charge in [0.2, 0.25) is 10.0 Å². The lowest BCUT2D eigenvalue weighted by Gasteiger charge is -2.21. The van der Waals surface area contributed by atoms with Crippen LogP contribution in [0.4, 0.5) is 10.5 Å². The fourth-order valence-corrected chi connectivity index (χ4v) is 3.94. The van der Waals surface area contributed by atoms with Crippen molar-refractivity contribution in [1.29, 1.82) is 0 Å². The molecule has 8 heteroatoms. The lowest BCUT2D eigenvalue weighted by molar-refractivity contribution is 0.139. The second kappa shape index (κ2) is 6.67. The van der Waals surface area contributed by atoms with Gasteiger partial charge in [0.05, 0.1) is 12.3 Å². The first kappa shape index (κ1) is 16.1. The molecule has 6 nitrogen and oxygen atoms in total. The van der Waals surface area contributed by atoms with E-state index in [2.05, 4.69) is 17.9 Å². The number of amides is 1. The third-order valence-corrected chi connectivity index (χ3v) is 4.87. The minimum absolute atomic E-state index is 0.0167. The number of nitrogens with zero attached hydrogens (tertiary/aromatic N) is 1. The van der Waals surface area contributed by atoms with Crippen molar-refractivity contribution in [2.45, 2.75) is 17.7 Å². The van der Waals surface area contributed by atoms with Gasteiger partial charge in [0.15, 0.2) is 0 Å². The van der Waals surface area contributed by atoms with Crippen LogP contribution in [0.5, 0.6) is 0 Å². The summed E-state index contributed by atoms with van der Waals surface area (Å²) in [6.07, 6.45) is 1.11. The highest BCUT2D eigenvalue weighted by Crippen LogP contribution is 2.24. The number of hydrogen-bond donors (Lipinski definition) is 2. The molecule has 1 heterocycles. The van der Waals surface area contributed by atoms with Crippen molar-refractivity contribution in [2.75, 3.05) is 24.7 Å². The number of carbonyl (C=O) groups excluding carboxylic acids is 1. The molecular formula is C13H18N2O4S2. The van der Waals surface area contributed by atoms with Gasteiger partial charge in [-0.2, -0.15) is 16.9 Å². The van der Waals surface area contributed by atoms with Gasteiger partial charge in [-0.1, -0.05) is 18.2 Å². The summed E-state index contributed by atoms with van der Waals surface area (Å²) in [5.41, 5.74) is 0.626. The lowest BCUT2D eigenvalue weighted by Crippen LogP contribution is -2.38. The van der Waals surface area contributed by atoms with Crippen LogP contribution >= 0.6 is 12.6 Å². The van der Waals surface area contributed by atoms with Crippen LogP contribution in [0.3, 0.4) is 0 Å². The predicted octanol–water partition coefficient (Wildman–Crippen LogP) is 1.57. The van der Waals surface area contributed by atoms with Crippen LogP contribution in [0.15, 0.2) is 30.3 Å². The van der Waals surface area contributed by atoms with Gasteiger partial charge in [-0.05, 0) is 18.6 Å². The maximum Gasteiger partial charge on any atom is 0.411 e. The van der Waals surface area contributed by atoms with Crippen molar-refractivity contribution in [3.63, 3.8) is 0 Å². The van der Waals surface area contributed by atoms with Crippen molar-refractivity contribution >= 4 is 34.4 Å². The number of sulfonamides is 1. The van der Waals surface area contributed by atoms with Crippen molar-refractivity contribution in [2.24, 2.45) is 0 Å². The molecule has 0 spiro atoms. The minimum atomic E-state index is -3.32. The summed E-state index contributed by atoms with van der Waals surface area (Å²) < 4.78 is 29.8. The molecule has 1 aliphatic heterocycles. The van der Waals surface area contributed by atoms with Crippen molar-refractivity contribution in [1.82, 2.24) is 4.31 Å². The molecule has 0 bridgehead atoms. The summed E-state index contributed by atoms with van der Waals surface area (Å²) >= 11 is 4.31. The number of hydrogen-bond acceptors (Lipinski definition) is 5. The zero-order valence-corrected chi connectivity index (χ0v) is 13.3. The highest BCUT2D eigenvalue weighted by molar-refractivity contribution is 7.88. The monoisotopic (exact) mass is 330 g/mol. The van der Waals surface area contributed by atoms with Gasteiger partial charge in [-0.3, -0.25) is 5.32 Å². The zero-order valence-electron chi connectivity index (χ0n) is 11.6. The SMILES string of the molecule is CS(=O)(=O)N1C[C@H](S)C[C@H]1COC(=O)Nc1ccccc1. The number of ether oxygens (including phenoxy) is 1.